The summed E-state index contributed by atoms with van der Waals surface area (Å²) < 4.78 is 7.22. The van der Waals surface area contributed by atoms with Crippen LogP contribution in [-0.4, -0.2) is 30.2 Å². The number of nitrogens with one attached hydrogen (secondary N) is 2. The number of hydrazone groups is 1. The standard InChI is InChI=1S/C18H23Br2N3O3/c1-11-7-16(15(20)9-14(11)19)26-10-18(25)23-22-12(2)8-17(24)21-13-5-3-4-6-13/h7,9,13H,3-6,8,10H2,1-2H3,(H,21,24)(H,23,25)/b22-12+. The minimum Gasteiger partial charge on any atom is -0.483 e. The predicted octanol–water partition coefficient (Wildman–Crippen LogP) is 3.84. The van der Waals surface area contributed by atoms with Crippen LogP contribution in [0, 0.1) is 6.92 Å². The Kier molecular flexibility index (Phi) is 8.09. The van der Waals surface area contributed by atoms with Crippen LogP contribution < -0.4 is 15.5 Å². The van der Waals surface area contributed by atoms with Crippen molar-refractivity contribution in [3.8, 4) is 5.75 Å². The molecule has 0 radical (unpaired) electrons. The Morgan fingerprint density at radius 2 is 1.88 bits per heavy atom. The summed E-state index contributed by atoms with van der Waals surface area (Å²) in [6, 6.07) is 3.99. The molecule has 0 spiro atoms. The fourth-order valence-corrected chi connectivity index (χ4v) is 3.80. The summed E-state index contributed by atoms with van der Waals surface area (Å²) in [6.07, 6.45) is 4.60. The van der Waals surface area contributed by atoms with Gasteiger partial charge in [0.15, 0.2) is 6.61 Å². The molecule has 1 aromatic rings. The second-order valence-corrected chi connectivity index (χ2v) is 8.14. The zero-order valence-electron chi connectivity index (χ0n) is 14.9. The molecule has 1 aliphatic carbocycles. The summed E-state index contributed by atoms with van der Waals surface area (Å²) in [4.78, 5) is 23.8. The van der Waals surface area contributed by atoms with Gasteiger partial charge in [0.1, 0.15) is 5.75 Å². The molecule has 2 N–H and O–H groups in total. The molecule has 0 aliphatic heterocycles. The van der Waals surface area contributed by atoms with Crippen LogP contribution in [0.1, 0.15) is 44.6 Å². The number of rotatable bonds is 7. The lowest BCUT2D eigenvalue weighted by Gasteiger charge is -2.11. The highest BCUT2D eigenvalue weighted by Gasteiger charge is 2.17. The maximum atomic E-state index is 11.9. The predicted molar refractivity (Wildman–Crippen MR) is 108 cm³/mol. The highest BCUT2D eigenvalue weighted by Crippen LogP contribution is 2.31. The van der Waals surface area contributed by atoms with Crippen LogP contribution in [-0.2, 0) is 9.59 Å². The smallest absolute Gasteiger partial charge is 0.277 e. The number of halogens is 2. The Balaban J connectivity index is 1.75. The molecule has 1 fully saturated rings. The van der Waals surface area contributed by atoms with E-state index in [0.29, 0.717) is 11.5 Å². The molecule has 2 amide bonds. The highest BCUT2D eigenvalue weighted by atomic mass is 79.9. The van der Waals surface area contributed by atoms with Gasteiger partial charge in [-0.1, -0.05) is 28.8 Å². The molecule has 0 atom stereocenters. The van der Waals surface area contributed by atoms with Gasteiger partial charge in [-0.15, -0.1) is 0 Å². The van der Waals surface area contributed by atoms with Crippen molar-refractivity contribution in [2.45, 2.75) is 52.0 Å². The first-order valence-electron chi connectivity index (χ1n) is 8.55. The number of amides is 2. The number of ether oxygens (including phenoxy) is 1. The third-order valence-corrected chi connectivity index (χ3v) is 5.55. The molecule has 0 heterocycles. The molecule has 0 bridgehead atoms. The summed E-state index contributed by atoms with van der Waals surface area (Å²) in [5.41, 5.74) is 3.97. The third-order valence-electron chi connectivity index (χ3n) is 4.08. The van der Waals surface area contributed by atoms with E-state index in [1.807, 2.05) is 19.1 Å². The van der Waals surface area contributed by atoms with Crippen LogP contribution in [0.2, 0.25) is 0 Å². The molecular weight excluding hydrogens is 466 g/mol. The van der Waals surface area contributed by atoms with Gasteiger partial charge in [0.05, 0.1) is 10.9 Å². The second-order valence-electron chi connectivity index (χ2n) is 6.43. The van der Waals surface area contributed by atoms with E-state index >= 15 is 0 Å². The Labute approximate surface area is 170 Å². The first kappa shape index (κ1) is 20.9. The van der Waals surface area contributed by atoms with E-state index in [9.17, 15) is 9.59 Å². The van der Waals surface area contributed by atoms with Gasteiger partial charge >= 0.3 is 0 Å². The summed E-state index contributed by atoms with van der Waals surface area (Å²) in [5.74, 6) is 0.142. The second kappa shape index (κ2) is 10.1. The summed E-state index contributed by atoms with van der Waals surface area (Å²) in [6.45, 7) is 3.49. The number of carbonyl (C=O) groups excluding carboxylic acids is 2. The van der Waals surface area contributed by atoms with Crippen LogP contribution in [0.4, 0.5) is 0 Å². The lowest BCUT2D eigenvalue weighted by atomic mass is 10.2. The topological polar surface area (TPSA) is 79.8 Å². The lowest BCUT2D eigenvalue weighted by Crippen LogP contribution is -2.34. The molecule has 142 valence electrons. The molecule has 8 heteroatoms. The number of aryl methyl sites for hydroxylation is 1. The minimum atomic E-state index is -0.381. The number of nitrogens with zero attached hydrogens (tertiary/aromatic N) is 1. The van der Waals surface area contributed by atoms with E-state index in [1.165, 1.54) is 12.8 Å². The number of hydrogen-bond donors (Lipinski definition) is 2. The van der Waals surface area contributed by atoms with Gasteiger partial charge in [-0.3, -0.25) is 9.59 Å². The van der Waals surface area contributed by atoms with E-state index < -0.39 is 0 Å². The Bertz CT molecular complexity index is 701. The average molecular weight is 489 g/mol. The van der Waals surface area contributed by atoms with Gasteiger partial charge < -0.3 is 10.1 Å². The molecule has 1 saturated carbocycles. The van der Waals surface area contributed by atoms with Crippen molar-refractivity contribution in [3.05, 3.63) is 26.6 Å². The highest BCUT2D eigenvalue weighted by molar-refractivity contribution is 9.11. The normalized spacial score (nSPS) is 15.0. The van der Waals surface area contributed by atoms with E-state index in [1.54, 1.807) is 6.92 Å². The van der Waals surface area contributed by atoms with Crippen molar-refractivity contribution in [1.29, 1.82) is 0 Å². The Morgan fingerprint density at radius 3 is 2.58 bits per heavy atom. The van der Waals surface area contributed by atoms with Crippen molar-refractivity contribution in [2.24, 2.45) is 5.10 Å². The quantitative estimate of drug-likeness (QED) is 0.452. The fourth-order valence-electron chi connectivity index (χ4n) is 2.70. The maximum absolute atomic E-state index is 11.9. The Morgan fingerprint density at radius 1 is 1.19 bits per heavy atom. The van der Waals surface area contributed by atoms with Crippen LogP contribution in [0.3, 0.4) is 0 Å². The first-order valence-corrected chi connectivity index (χ1v) is 10.1. The zero-order valence-corrected chi connectivity index (χ0v) is 18.1. The van der Waals surface area contributed by atoms with E-state index in [-0.39, 0.29) is 30.9 Å². The summed E-state index contributed by atoms with van der Waals surface area (Å²) in [7, 11) is 0. The van der Waals surface area contributed by atoms with Crippen LogP contribution >= 0.6 is 31.9 Å². The Hall–Kier alpha value is -1.41. The largest absolute Gasteiger partial charge is 0.483 e. The summed E-state index contributed by atoms with van der Waals surface area (Å²) >= 11 is 6.83. The third kappa shape index (κ3) is 6.72. The molecule has 1 aliphatic rings. The van der Waals surface area contributed by atoms with Crippen molar-refractivity contribution >= 4 is 49.4 Å². The molecule has 26 heavy (non-hydrogen) atoms. The van der Waals surface area contributed by atoms with Gasteiger partial charge in [0.25, 0.3) is 5.91 Å². The number of carbonyl (C=O) groups is 2. The molecule has 6 nitrogen and oxygen atoms in total. The van der Waals surface area contributed by atoms with Crippen LogP contribution in [0.5, 0.6) is 5.75 Å². The van der Waals surface area contributed by atoms with Crippen LogP contribution in [0.25, 0.3) is 0 Å². The van der Waals surface area contributed by atoms with Gasteiger partial charge in [0, 0.05) is 16.2 Å². The molecule has 1 aromatic carbocycles. The minimum absolute atomic E-state index is 0.0575. The molecule has 0 saturated heterocycles. The van der Waals surface area contributed by atoms with Crippen molar-refractivity contribution in [1.82, 2.24) is 10.7 Å². The van der Waals surface area contributed by atoms with E-state index in [2.05, 4.69) is 47.7 Å². The monoisotopic (exact) mass is 487 g/mol. The zero-order chi connectivity index (χ0) is 19.1. The van der Waals surface area contributed by atoms with Gasteiger partial charge in [-0.25, -0.2) is 5.43 Å². The molecule has 0 aromatic heterocycles. The van der Waals surface area contributed by atoms with E-state index in [0.717, 1.165) is 27.4 Å². The van der Waals surface area contributed by atoms with E-state index in [4.69, 9.17) is 4.74 Å². The molecule has 2 rings (SSSR count). The number of benzene rings is 1. The fraction of sp³-hybridized carbons (Fsp3) is 0.500. The lowest BCUT2D eigenvalue weighted by molar-refractivity contribution is -0.123. The molecule has 0 unspecified atom stereocenters. The average Bonchev–Trinajstić information content (AvgIpc) is 3.07. The van der Waals surface area contributed by atoms with Crippen LogP contribution in [0.15, 0.2) is 26.2 Å². The summed E-state index contributed by atoms with van der Waals surface area (Å²) in [5, 5.41) is 6.96. The SMILES string of the molecule is C/C(CC(=O)NC1CCCC1)=N\NC(=O)COc1cc(C)c(Br)cc1Br. The molecular formula is C18H23Br2N3O3. The van der Waals surface area contributed by atoms with Gasteiger partial charge in [0.2, 0.25) is 5.91 Å². The van der Waals surface area contributed by atoms with Gasteiger partial charge in [-0.2, -0.15) is 5.10 Å². The van der Waals surface area contributed by atoms with Crippen molar-refractivity contribution in [3.63, 3.8) is 0 Å². The van der Waals surface area contributed by atoms with Gasteiger partial charge in [-0.05, 0) is 60.3 Å². The first-order chi connectivity index (χ1) is 12.3. The maximum Gasteiger partial charge on any atom is 0.277 e. The van der Waals surface area contributed by atoms with Crippen molar-refractivity contribution < 1.29 is 14.3 Å². The van der Waals surface area contributed by atoms with Crippen molar-refractivity contribution in [2.75, 3.05) is 6.61 Å². The number of hydrogen-bond acceptors (Lipinski definition) is 4.